The van der Waals surface area contributed by atoms with Gasteiger partial charge in [0.1, 0.15) is 5.75 Å². The normalized spacial score (nSPS) is 19.7. The van der Waals surface area contributed by atoms with Crippen LogP contribution in [0.15, 0.2) is 30.3 Å². The van der Waals surface area contributed by atoms with Gasteiger partial charge in [-0.3, -0.25) is 4.79 Å². The summed E-state index contributed by atoms with van der Waals surface area (Å²) in [6.45, 7) is 10.6. The lowest BCUT2D eigenvalue weighted by atomic mass is 9.72. The quantitative estimate of drug-likeness (QED) is 0.516. The Bertz CT molecular complexity index is 860. The number of benzene rings is 2. The fraction of sp³-hybridized carbons (Fsp3) is 0.577. The van der Waals surface area contributed by atoms with Gasteiger partial charge in [-0.25, -0.2) is 0 Å². The highest BCUT2D eigenvalue weighted by molar-refractivity contribution is 5.90. The van der Waals surface area contributed by atoms with Crippen molar-refractivity contribution in [1.82, 2.24) is 5.32 Å². The van der Waals surface area contributed by atoms with Crippen molar-refractivity contribution in [3.8, 4) is 5.75 Å². The van der Waals surface area contributed by atoms with Gasteiger partial charge in [-0.05, 0) is 79.3 Å². The summed E-state index contributed by atoms with van der Waals surface area (Å²) >= 11 is 0. The van der Waals surface area contributed by atoms with E-state index in [0.29, 0.717) is 24.9 Å². The Morgan fingerprint density at radius 3 is 2.43 bits per heavy atom. The molecule has 1 aliphatic rings. The summed E-state index contributed by atoms with van der Waals surface area (Å²) < 4.78 is 6.60. The van der Waals surface area contributed by atoms with Gasteiger partial charge in [0.25, 0.3) is 0 Å². The maximum Gasteiger partial charge on any atom is 0.303 e. The van der Waals surface area contributed by atoms with E-state index in [1.165, 1.54) is 34.7 Å². The maximum atomic E-state index is 10.8. The Labute approximate surface area is 181 Å². The van der Waals surface area contributed by atoms with Crippen molar-refractivity contribution < 1.29 is 14.6 Å². The average molecular weight is 412 g/mol. The molecule has 3 rings (SSSR count). The number of hydrogen-bond donors (Lipinski definition) is 2. The van der Waals surface area contributed by atoms with Crippen molar-refractivity contribution in [2.75, 3.05) is 6.54 Å². The van der Waals surface area contributed by atoms with E-state index < -0.39 is 5.97 Å². The zero-order valence-electron chi connectivity index (χ0n) is 19.0. The second kappa shape index (κ2) is 9.82. The van der Waals surface area contributed by atoms with Gasteiger partial charge in [0.05, 0.1) is 6.10 Å². The Balaban J connectivity index is 1.75. The Kier molecular flexibility index (Phi) is 7.41. The Hall–Kier alpha value is -2.07. The van der Waals surface area contributed by atoms with Crippen LogP contribution in [0, 0.1) is 18.3 Å². The topological polar surface area (TPSA) is 58.6 Å². The lowest BCUT2D eigenvalue weighted by Gasteiger charge is -2.37. The summed E-state index contributed by atoms with van der Waals surface area (Å²) in [5.74, 6) is 1.01. The molecule has 1 aliphatic carbocycles. The third kappa shape index (κ3) is 5.75. The molecule has 0 unspecified atom stereocenters. The van der Waals surface area contributed by atoms with E-state index in [0.717, 1.165) is 24.5 Å². The first-order valence-corrected chi connectivity index (χ1v) is 11.4. The van der Waals surface area contributed by atoms with Crippen LogP contribution in [0.4, 0.5) is 0 Å². The summed E-state index contributed by atoms with van der Waals surface area (Å²) in [6, 6.07) is 10.7. The van der Waals surface area contributed by atoms with Crippen LogP contribution in [0.2, 0.25) is 0 Å². The second-order valence-electron chi connectivity index (χ2n) is 9.85. The minimum absolute atomic E-state index is 0.196. The zero-order valence-corrected chi connectivity index (χ0v) is 19.0. The summed E-state index contributed by atoms with van der Waals surface area (Å²) in [7, 11) is 0. The Morgan fingerprint density at radius 2 is 1.80 bits per heavy atom. The first-order chi connectivity index (χ1) is 14.3. The summed E-state index contributed by atoms with van der Waals surface area (Å²) in [6.07, 6.45) is 5.77. The highest BCUT2D eigenvalue weighted by Crippen LogP contribution is 2.40. The van der Waals surface area contributed by atoms with Crippen LogP contribution in [0.5, 0.6) is 5.75 Å². The number of carbonyl (C=O) groups is 1. The van der Waals surface area contributed by atoms with Crippen LogP contribution in [-0.2, 0) is 11.3 Å². The number of hydrogen-bond acceptors (Lipinski definition) is 3. The van der Waals surface area contributed by atoms with Gasteiger partial charge < -0.3 is 15.2 Å². The lowest BCUT2D eigenvalue weighted by molar-refractivity contribution is -0.137. The van der Waals surface area contributed by atoms with E-state index in [4.69, 9.17) is 9.84 Å². The van der Waals surface area contributed by atoms with Crippen molar-refractivity contribution in [3.05, 3.63) is 41.5 Å². The van der Waals surface area contributed by atoms with Crippen LogP contribution >= 0.6 is 0 Å². The third-order valence-corrected chi connectivity index (χ3v) is 6.56. The van der Waals surface area contributed by atoms with Gasteiger partial charge >= 0.3 is 5.97 Å². The number of carboxylic acids is 1. The second-order valence-corrected chi connectivity index (χ2v) is 9.85. The molecule has 0 atom stereocenters. The average Bonchev–Trinajstić information content (AvgIpc) is 2.69. The van der Waals surface area contributed by atoms with Crippen molar-refractivity contribution >= 4 is 16.7 Å². The third-order valence-electron chi connectivity index (χ3n) is 6.56. The molecular formula is C26H37NO3. The molecule has 2 aromatic rings. The molecule has 0 aliphatic heterocycles. The fourth-order valence-corrected chi connectivity index (χ4v) is 4.68. The molecule has 0 radical (unpaired) electrons. The minimum Gasteiger partial charge on any atom is -0.490 e. The molecule has 2 aromatic carbocycles. The molecule has 4 heteroatoms. The van der Waals surface area contributed by atoms with E-state index in [1.54, 1.807) is 0 Å². The molecular weight excluding hydrogens is 374 g/mol. The number of ether oxygens (including phenoxy) is 1. The van der Waals surface area contributed by atoms with Crippen LogP contribution < -0.4 is 10.1 Å². The van der Waals surface area contributed by atoms with E-state index in [1.807, 2.05) is 0 Å². The molecule has 0 saturated heterocycles. The van der Waals surface area contributed by atoms with Gasteiger partial charge in [-0.15, -0.1) is 0 Å². The van der Waals surface area contributed by atoms with Gasteiger partial charge in [-0.1, -0.05) is 45.0 Å². The molecule has 30 heavy (non-hydrogen) atoms. The molecule has 0 bridgehead atoms. The van der Waals surface area contributed by atoms with Crippen molar-refractivity contribution in [2.24, 2.45) is 11.3 Å². The molecule has 0 amide bonds. The smallest absolute Gasteiger partial charge is 0.303 e. The molecule has 0 aromatic heterocycles. The highest BCUT2D eigenvalue weighted by Gasteiger charge is 2.30. The number of aliphatic carboxylic acids is 1. The number of fused-ring (bicyclic) bond motifs is 1. The van der Waals surface area contributed by atoms with Gasteiger partial charge in [0, 0.05) is 18.5 Å². The number of aryl methyl sites for hydroxylation is 1. The van der Waals surface area contributed by atoms with Crippen LogP contribution in [0.25, 0.3) is 10.8 Å². The van der Waals surface area contributed by atoms with Gasteiger partial charge in [0.15, 0.2) is 0 Å². The number of nitrogens with one attached hydrogen (secondary N) is 1. The van der Waals surface area contributed by atoms with Crippen LogP contribution in [-0.4, -0.2) is 23.7 Å². The van der Waals surface area contributed by atoms with Crippen LogP contribution in [0.3, 0.4) is 0 Å². The molecule has 164 valence electrons. The lowest BCUT2D eigenvalue weighted by Crippen LogP contribution is -2.30. The molecule has 4 nitrogen and oxygen atoms in total. The first kappa shape index (κ1) is 22.6. The predicted octanol–water partition coefficient (Wildman–Crippen LogP) is 6.09. The summed E-state index contributed by atoms with van der Waals surface area (Å²) in [5.41, 5.74) is 2.79. The standard InChI is InChI=1S/C26H37NO3/c1-18-16-24(30-20-13-11-19(12-14-20)26(2,3)4)23(17-27-15-7-10-25(28)29)22-9-6-5-8-21(18)22/h5-6,8-9,16,19-20,27H,7,10-15,17H2,1-4H3,(H,28,29). The maximum absolute atomic E-state index is 10.8. The van der Waals surface area contributed by atoms with Crippen molar-refractivity contribution in [2.45, 2.75) is 78.9 Å². The highest BCUT2D eigenvalue weighted by atomic mass is 16.5. The van der Waals surface area contributed by atoms with Gasteiger partial charge in [-0.2, -0.15) is 0 Å². The van der Waals surface area contributed by atoms with Crippen LogP contribution in [0.1, 0.15) is 70.4 Å². The largest absolute Gasteiger partial charge is 0.490 e. The van der Waals surface area contributed by atoms with Gasteiger partial charge in [0.2, 0.25) is 0 Å². The van der Waals surface area contributed by atoms with E-state index in [9.17, 15) is 4.79 Å². The fourth-order valence-electron chi connectivity index (χ4n) is 4.68. The Morgan fingerprint density at radius 1 is 1.13 bits per heavy atom. The van der Waals surface area contributed by atoms with Crippen molar-refractivity contribution in [3.63, 3.8) is 0 Å². The number of carboxylic acid groups (broad SMARTS) is 1. The molecule has 1 fully saturated rings. The minimum atomic E-state index is -0.743. The van der Waals surface area contributed by atoms with Crippen molar-refractivity contribution in [1.29, 1.82) is 0 Å². The molecule has 1 saturated carbocycles. The number of rotatable bonds is 8. The molecule has 2 N–H and O–H groups in total. The van der Waals surface area contributed by atoms with E-state index in [-0.39, 0.29) is 12.5 Å². The van der Waals surface area contributed by atoms with E-state index in [2.05, 4.69) is 63.3 Å². The van der Waals surface area contributed by atoms with E-state index >= 15 is 0 Å². The summed E-state index contributed by atoms with van der Waals surface area (Å²) in [4.78, 5) is 10.8. The monoisotopic (exact) mass is 411 g/mol. The molecule has 0 heterocycles. The predicted molar refractivity (Wildman–Crippen MR) is 123 cm³/mol. The zero-order chi connectivity index (χ0) is 21.7. The summed E-state index contributed by atoms with van der Waals surface area (Å²) in [5, 5.41) is 14.8. The SMILES string of the molecule is Cc1cc(OC2CCC(C(C)(C)C)CC2)c(CNCCCC(=O)O)c2ccccc12. The first-order valence-electron chi connectivity index (χ1n) is 11.4. The molecule has 0 spiro atoms.